The highest BCUT2D eigenvalue weighted by atomic mass is 32.1. The molecule has 11 heteroatoms. The second-order valence-corrected chi connectivity index (χ2v) is 6.05. The summed E-state index contributed by atoms with van der Waals surface area (Å²) in [6.45, 7) is 0. The van der Waals surface area contributed by atoms with Crippen LogP contribution in [0.2, 0.25) is 0 Å². The Morgan fingerprint density at radius 2 is 2.20 bits per heavy atom. The number of fused-ring (bicyclic) bond motifs is 5. The molecule has 0 fully saturated rings. The number of hydrogen-bond acceptors (Lipinski definition) is 8. The molecule has 0 aliphatic rings. The summed E-state index contributed by atoms with van der Waals surface area (Å²) in [5.74, 6) is 0.322. The van der Waals surface area contributed by atoms with E-state index in [9.17, 15) is 14.9 Å². The fourth-order valence-corrected chi connectivity index (χ4v) is 3.68. The number of H-pyrrole nitrogens is 1. The SMILES string of the molecule is N#Cc1c(-c2ccco2)nc2sc3c4n[nH]c(=O)n4cnc3n2c1=O. The highest BCUT2D eigenvalue weighted by Crippen LogP contribution is 2.28. The molecule has 1 N–H and O–H groups in total. The van der Waals surface area contributed by atoms with Gasteiger partial charge in [0.25, 0.3) is 5.56 Å². The van der Waals surface area contributed by atoms with Crippen LogP contribution >= 0.6 is 11.3 Å². The minimum Gasteiger partial charge on any atom is -0.463 e. The molecule has 0 unspecified atom stereocenters. The molecular weight excluding hydrogens is 346 g/mol. The van der Waals surface area contributed by atoms with E-state index in [4.69, 9.17) is 4.42 Å². The summed E-state index contributed by atoms with van der Waals surface area (Å²) >= 11 is 1.15. The first-order valence-corrected chi connectivity index (χ1v) is 7.75. The fraction of sp³-hybridized carbons (Fsp3) is 0. The molecule has 0 aromatic carbocycles. The Morgan fingerprint density at radius 1 is 1.32 bits per heavy atom. The number of hydrogen-bond donors (Lipinski definition) is 1. The van der Waals surface area contributed by atoms with Gasteiger partial charge < -0.3 is 4.42 Å². The van der Waals surface area contributed by atoms with E-state index in [0.717, 1.165) is 11.3 Å². The number of furan rings is 1. The summed E-state index contributed by atoms with van der Waals surface area (Å²) in [7, 11) is 0. The fourth-order valence-electron chi connectivity index (χ4n) is 2.63. The first-order valence-electron chi connectivity index (χ1n) is 6.94. The number of thiazole rings is 1. The molecule has 0 radical (unpaired) electrons. The minimum atomic E-state index is -0.556. The van der Waals surface area contributed by atoms with Crippen molar-refractivity contribution < 1.29 is 4.42 Å². The Bertz CT molecular complexity index is 1450. The van der Waals surface area contributed by atoms with Crippen molar-refractivity contribution in [2.24, 2.45) is 0 Å². The molecule has 25 heavy (non-hydrogen) atoms. The van der Waals surface area contributed by atoms with Gasteiger partial charge in [0.2, 0.25) is 0 Å². The summed E-state index contributed by atoms with van der Waals surface area (Å²) in [5.41, 5.74) is -0.349. The number of nitriles is 1. The van der Waals surface area contributed by atoms with Crippen LogP contribution < -0.4 is 11.2 Å². The zero-order valence-corrected chi connectivity index (χ0v) is 12.9. The quantitative estimate of drug-likeness (QED) is 0.471. The van der Waals surface area contributed by atoms with Crippen LogP contribution in [0.3, 0.4) is 0 Å². The van der Waals surface area contributed by atoms with Crippen molar-refractivity contribution in [3.8, 4) is 17.5 Å². The van der Waals surface area contributed by atoms with Crippen LogP contribution in [-0.2, 0) is 0 Å². The Hall–Kier alpha value is -3.78. The number of nitrogens with zero attached hydrogens (tertiary/aromatic N) is 6. The molecule has 0 bridgehead atoms. The molecule has 0 aliphatic heterocycles. The van der Waals surface area contributed by atoms with E-state index in [1.54, 1.807) is 12.1 Å². The Morgan fingerprint density at radius 3 is 2.96 bits per heavy atom. The molecule has 0 amide bonds. The molecule has 0 spiro atoms. The molecular formula is C14H5N7O3S. The van der Waals surface area contributed by atoms with Gasteiger partial charge in [-0.05, 0) is 12.1 Å². The van der Waals surface area contributed by atoms with Crippen molar-refractivity contribution in [1.29, 1.82) is 5.26 Å². The molecule has 5 heterocycles. The average molecular weight is 351 g/mol. The lowest BCUT2D eigenvalue weighted by Crippen LogP contribution is -2.19. The smallest absolute Gasteiger partial charge is 0.349 e. The summed E-state index contributed by atoms with van der Waals surface area (Å²) in [6.07, 6.45) is 2.71. The van der Waals surface area contributed by atoms with Crippen molar-refractivity contribution in [2.75, 3.05) is 0 Å². The van der Waals surface area contributed by atoms with Gasteiger partial charge in [-0.3, -0.25) is 4.79 Å². The number of aromatic nitrogens is 6. The topological polar surface area (TPSA) is 134 Å². The van der Waals surface area contributed by atoms with E-state index in [1.165, 1.54) is 21.4 Å². The summed E-state index contributed by atoms with van der Waals surface area (Å²) in [4.78, 5) is 33.4. The maximum atomic E-state index is 12.8. The lowest BCUT2D eigenvalue weighted by atomic mass is 10.2. The third-order valence-corrected chi connectivity index (χ3v) is 4.76. The standard InChI is InChI=1S/C14H5N7O3S/c15-4-6-8(7-2-1-3-24-7)17-14-21(12(6)22)10-9(25-14)11-18-19-13(23)20(11)5-16-10/h1-3,5H,(H,19,23). The van der Waals surface area contributed by atoms with E-state index >= 15 is 0 Å². The first kappa shape index (κ1) is 13.6. The van der Waals surface area contributed by atoms with E-state index in [1.807, 2.05) is 6.07 Å². The van der Waals surface area contributed by atoms with Crippen molar-refractivity contribution in [3.05, 3.63) is 51.1 Å². The average Bonchev–Trinajstić information content (AvgIpc) is 3.32. The van der Waals surface area contributed by atoms with Gasteiger partial charge in [-0.1, -0.05) is 11.3 Å². The molecule has 5 aromatic heterocycles. The van der Waals surface area contributed by atoms with Crippen molar-refractivity contribution >= 4 is 32.3 Å². The Kier molecular flexibility index (Phi) is 2.52. The van der Waals surface area contributed by atoms with Gasteiger partial charge in [0.15, 0.2) is 22.0 Å². The summed E-state index contributed by atoms with van der Waals surface area (Å²) in [6, 6.07) is 5.15. The van der Waals surface area contributed by atoms with Crippen LogP contribution in [0, 0.1) is 11.3 Å². The third-order valence-electron chi connectivity index (χ3n) is 3.73. The van der Waals surface area contributed by atoms with Crippen LogP contribution in [0.4, 0.5) is 0 Å². The van der Waals surface area contributed by atoms with Gasteiger partial charge in [0.05, 0.1) is 6.26 Å². The van der Waals surface area contributed by atoms with Crippen molar-refractivity contribution in [3.63, 3.8) is 0 Å². The third kappa shape index (κ3) is 1.68. The Labute approximate surface area is 140 Å². The van der Waals surface area contributed by atoms with Crippen LogP contribution in [-0.4, -0.2) is 29.0 Å². The van der Waals surface area contributed by atoms with Crippen LogP contribution in [0.25, 0.3) is 32.4 Å². The van der Waals surface area contributed by atoms with Gasteiger partial charge in [0, 0.05) is 0 Å². The van der Waals surface area contributed by atoms with Crippen molar-refractivity contribution in [2.45, 2.75) is 0 Å². The van der Waals surface area contributed by atoms with Gasteiger partial charge in [0.1, 0.15) is 28.4 Å². The number of nitrogens with one attached hydrogen (secondary N) is 1. The molecule has 10 nitrogen and oxygen atoms in total. The zero-order valence-electron chi connectivity index (χ0n) is 12.1. The molecule has 0 atom stereocenters. The second-order valence-electron chi connectivity index (χ2n) is 5.07. The molecule has 0 saturated carbocycles. The zero-order chi connectivity index (χ0) is 17.1. The van der Waals surface area contributed by atoms with Gasteiger partial charge in [-0.15, -0.1) is 0 Å². The minimum absolute atomic E-state index is 0.145. The number of rotatable bonds is 1. The highest BCUT2D eigenvalue weighted by molar-refractivity contribution is 7.24. The van der Waals surface area contributed by atoms with E-state index in [2.05, 4.69) is 20.2 Å². The highest BCUT2D eigenvalue weighted by Gasteiger charge is 2.21. The van der Waals surface area contributed by atoms with E-state index in [0.29, 0.717) is 21.1 Å². The predicted octanol–water partition coefficient (Wildman–Crippen LogP) is 0.772. The normalized spacial score (nSPS) is 11.5. The van der Waals surface area contributed by atoms with E-state index in [-0.39, 0.29) is 16.9 Å². The van der Waals surface area contributed by atoms with Gasteiger partial charge in [-0.2, -0.15) is 10.4 Å². The first-order chi connectivity index (χ1) is 12.2. The molecule has 0 aliphatic carbocycles. The lowest BCUT2D eigenvalue weighted by Gasteiger charge is -2.00. The van der Waals surface area contributed by atoms with E-state index < -0.39 is 11.2 Å². The van der Waals surface area contributed by atoms with Crippen LogP contribution in [0.1, 0.15) is 5.56 Å². The second kappa shape index (κ2) is 4.62. The Balaban J connectivity index is 2.01. The van der Waals surface area contributed by atoms with Crippen LogP contribution in [0.5, 0.6) is 0 Å². The number of aromatic amines is 1. The molecule has 120 valence electrons. The monoisotopic (exact) mass is 351 g/mol. The van der Waals surface area contributed by atoms with Crippen molar-refractivity contribution in [1.82, 2.24) is 29.0 Å². The van der Waals surface area contributed by atoms with Gasteiger partial charge >= 0.3 is 5.69 Å². The maximum absolute atomic E-state index is 12.8. The molecule has 0 saturated heterocycles. The molecule has 5 aromatic rings. The predicted molar refractivity (Wildman–Crippen MR) is 86.4 cm³/mol. The molecule has 5 rings (SSSR count). The largest absolute Gasteiger partial charge is 0.463 e. The lowest BCUT2D eigenvalue weighted by molar-refractivity contribution is 0.579. The summed E-state index contributed by atoms with van der Waals surface area (Å²) in [5, 5.41) is 15.7. The maximum Gasteiger partial charge on any atom is 0.349 e. The van der Waals surface area contributed by atoms with Crippen LogP contribution in [0.15, 0.2) is 38.7 Å². The van der Waals surface area contributed by atoms with Gasteiger partial charge in [-0.25, -0.2) is 28.7 Å². The summed E-state index contributed by atoms with van der Waals surface area (Å²) < 4.78 is 8.26.